The molecule has 0 N–H and O–H groups in total. The molecule has 2 atom stereocenters. The van der Waals surface area contributed by atoms with Gasteiger partial charge in [-0.15, -0.1) is 15.1 Å². The quantitative estimate of drug-likeness (QED) is 0.230. The van der Waals surface area contributed by atoms with Gasteiger partial charge in [-0.1, -0.05) is 48.5 Å². The van der Waals surface area contributed by atoms with Gasteiger partial charge in [-0.3, -0.25) is 0 Å². The van der Waals surface area contributed by atoms with Gasteiger partial charge in [-0.25, -0.2) is 0 Å². The molecule has 142 valence electrons. The molecule has 0 saturated carbocycles. The summed E-state index contributed by atoms with van der Waals surface area (Å²) in [4.78, 5) is 0. The van der Waals surface area contributed by atoms with Gasteiger partial charge < -0.3 is 0 Å². The van der Waals surface area contributed by atoms with Gasteiger partial charge in [0.25, 0.3) is 0 Å². The maximum atomic E-state index is 2.54. The molecule has 0 spiro atoms. The zero-order chi connectivity index (χ0) is 20.0. The minimum absolute atomic E-state index is 0.307. The third kappa shape index (κ3) is 2.14. The highest BCUT2D eigenvalue weighted by Crippen LogP contribution is 2.54. The molecule has 7 rings (SSSR count). The van der Waals surface area contributed by atoms with Gasteiger partial charge in [0.1, 0.15) is 0 Å². The summed E-state index contributed by atoms with van der Waals surface area (Å²) >= 11 is 0. The average molecular weight is 418 g/mol. The van der Waals surface area contributed by atoms with Gasteiger partial charge in [0, 0.05) is 20.5 Å². The average Bonchev–Trinajstić information content (AvgIpc) is 3.21. The Morgan fingerprint density at radius 2 is 0.700 bits per heavy atom. The number of aryl methyl sites for hydroxylation is 2. The van der Waals surface area contributed by atoms with Crippen LogP contribution in [-0.4, -0.2) is 0 Å². The Kier molecular flexibility index (Phi) is 3.33. The molecule has 2 heteroatoms. The van der Waals surface area contributed by atoms with E-state index < -0.39 is 0 Å². The highest BCUT2D eigenvalue weighted by Gasteiger charge is 2.15. The Labute approximate surface area is 176 Å². The van der Waals surface area contributed by atoms with Crippen LogP contribution in [0.25, 0.3) is 63.6 Å². The molecule has 0 aliphatic carbocycles. The van der Waals surface area contributed by atoms with Crippen molar-refractivity contribution in [3.8, 4) is 0 Å². The molecule has 0 bridgehead atoms. The van der Waals surface area contributed by atoms with Crippen molar-refractivity contribution in [2.75, 3.05) is 0 Å². The minimum Gasteiger partial charge on any atom is -0.112 e. The second kappa shape index (κ2) is 5.89. The van der Waals surface area contributed by atoms with E-state index in [1.165, 1.54) is 43.1 Å². The van der Waals surface area contributed by atoms with E-state index in [2.05, 4.69) is 98.3 Å². The van der Waals surface area contributed by atoms with E-state index in [4.69, 9.17) is 0 Å². The van der Waals surface area contributed by atoms with E-state index in [1.807, 2.05) is 0 Å². The van der Waals surface area contributed by atoms with Crippen LogP contribution >= 0.6 is 15.1 Å². The SMILES string of the molecule is Cp1c2cc3ccccc3cc2c2cc3c(cc21)c1cc2ccccc2cc1p3C. The van der Waals surface area contributed by atoms with Crippen LogP contribution in [0.5, 0.6) is 0 Å². The molecule has 0 amide bonds. The van der Waals surface area contributed by atoms with Crippen LogP contribution in [0.3, 0.4) is 0 Å². The number of rotatable bonds is 0. The highest BCUT2D eigenvalue weighted by molar-refractivity contribution is 7.61. The van der Waals surface area contributed by atoms with E-state index in [-0.39, 0.29) is 15.1 Å². The molecule has 0 aliphatic rings. The maximum absolute atomic E-state index is 2.54. The number of benzene rings is 5. The van der Waals surface area contributed by atoms with Crippen molar-refractivity contribution in [1.29, 1.82) is 0 Å². The molecule has 30 heavy (non-hydrogen) atoms. The lowest BCUT2D eigenvalue weighted by Crippen LogP contribution is -1.73. The van der Waals surface area contributed by atoms with Crippen LogP contribution in [0.1, 0.15) is 0 Å². The first-order chi connectivity index (χ1) is 14.7. The Bertz CT molecular complexity index is 1680. The molecular weight excluding hydrogens is 398 g/mol. The van der Waals surface area contributed by atoms with Crippen molar-refractivity contribution >= 4 is 78.6 Å². The van der Waals surface area contributed by atoms with Gasteiger partial charge in [0.05, 0.1) is 0 Å². The number of hydrogen-bond acceptors (Lipinski definition) is 0. The Morgan fingerprint density at radius 1 is 0.400 bits per heavy atom. The van der Waals surface area contributed by atoms with Crippen molar-refractivity contribution in [1.82, 2.24) is 0 Å². The van der Waals surface area contributed by atoms with Crippen molar-refractivity contribution in [2.24, 2.45) is 13.3 Å². The van der Waals surface area contributed by atoms with Gasteiger partial charge >= 0.3 is 0 Å². The fourth-order valence-corrected chi connectivity index (χ4v) is 9.28. The topological polar surface area (TPSA) is 0 Å². The first-order valence-electron chi connectivity index (χ1n) is 10.4. The van der Waals surface area contributed by atoms with Gasteiger partial charge in [-0.2, -0.15) is 0 Å². The fourth-order valence-electron chi connectivity index (χ4n) is 5.27. The zero-order valence-corrected chi connectivity index (χ0v) is 18.8. The van der Waals surface area contributed by atoms with Gasteiger partial charge in [0.2, 0.25) is 0 Å². The van der Waals surface area contributed by atoms with Crippen LogP contribution < -0.4 is 0 Å². The van der Waals surface area contributed by atoms with Crippen molar-refractivity contribution < 1.29 is 0 Å². The zero-order valence-electron chi connectivity index (χ0n) is 17.0. The fraction of sp³-hybridized carbons (Fsp3) is 0.0714. The van der Waals surface area contributed by atoms with Crippen molar-refractivity contribution in [3.63, 3.8) is 0 Å². The number of fused-ring (bicyclic) bond motifs is 8. The van der Waals surface area contributed by atoms with Crippen LogP contribution in [0.2, 0.25) is 0 Å². The lowest BCUT2D eigenvalue weighted by atomic mass is 10.0. The summed E-state index contributed by atoms with van der Waals surface area (Å²) in [5.41, 5.74) is 0. The van der Waals surface area contributed by atoms with Crippen molar-refractivity contribution in [3.05, 3.63) is 84.9 Å². The van der Waals surface area contributed by atoms with Gasteiger partial charge in [-0.05, 0) is 92.8 Å². The number of hydrogen-bond donors (Lipinski definition) is 0. The maximum Gasteiger partial charge on any atom is 0.00280 e. The van der Waals surface area contributed by atoms with Crippen LogP contribution in [-0.2, 0) is 13.3 Å². The Morgan fingerprint density at radius 3 is 1.10 bits per heavy atom. The Hall–Kier alpha value is -2.78. The summed E-state index contributed by atoms with van der Waals surface area (Å²) in [6.45, 7) is 4.87. The van der Waals surface area contributed by atoms with E-state index in [0.29, 0.717) is 0 Å². The van der Waals surface area contributed by atoms with Crippen LogP contribution in [0.15, 0.2) is 84.9 Å². The Balaban J connectivity index is 1.68. The largest absolute Gasteiger partial charge is 0.112 e. The second-order valence-corrected chi connectivity index (χ2v) is 12.6. The summed E-state index contributed by atoms with van der Waals surface area (Å²) in [6.07, 6.45) is 0. The third-order valence-corrected chi connectivity index (χ3v) is 11.2. The summed E-state index contributed by atoms with van der Waals surface area (Å²) < 4.78 is 0. The first-order valence-corrected chi connectivity index (χ1v) is 14.0. The minimum atomic E-state index is -0.307. The molecule has 0 radical (unpaired) electrons. The molecular formula is C28H20P2. The smallest absolute Gasteiger partial charge is 0.00280 e. The van der Waals surface area contributed by atoms with E-state index in [9.17, 15) is 0 Å². The molecule has 2 unspecified atom stereocenters. The van der Waals surface area contributed by atoms with E-state index in [0.717, 1.165) is 0 Å². The summed E-state index contributed by atoms with van der Waals surface area (Å²) in [5.74, 6) is 0. The van der Waals surface area contributed by atoms with E-state index in [1.54, 1.807) is 20.5 Å². The summed E-state index contributed by atoms with van der Waals surface area (Å²) in [5, 5.41) is 17.5. The standard InChI is InChI=1S/C28H20P2/c1-29-25-13-19-9-5-3-7-17(19)11-21(25)23-16-28-24(15-27(23)29)22-12-18-8-4-6-10-20(18)14-26(22)30(28)2/h3-16H,1-2H3. The summed E-state index contributed by atoms with van der Waals surface area (Å²) in [7, 11) is -0.615. The van der Waals surface area contributed by atoms with E-state index >= 15 is 0 Å². The monoisotopic (exact) mass is 418 g/mol. The predicted molar refractivity (Wildman–Crippen MR) is 139 cm³/mol. The normalized spacial score (nSPS) is 13.5. The molecule has 0 nitrogen and oxygen atoms in total. The third-order valence-electron chi connectivity index (χ3n) is 6.87. The van der Waals surface area contributed by atoms with Crippen LogP contribution in [0, 0.1) is 0 Å². The molecule has 7 aromatic rings. The van der Waals surface area contributed by atoms with Gasteiger partial charge in [0.15, 0.2) is 0 Å². The molecule has 2 heterocycles. The van der Waals surface area contributed by atoms with Crippen LogP contribution in [0.4, 0.5) is 0 Å². The molecule has 0 fully saturated rings. The predicted octanol–water partition coefficient (Wildman–Crippen LogP) is 9.65. The highest BCUT2D eigenvalue weighted by atomic mass is 31.1. The summed E-state index contributed by atoms with van der Waals surface area (Å²) in [6, 6.07) is 32.4. The lowest BCUT2D eigenvalue weighted by Gasteiger charge is -2.00. The molecule has 0 saturated heterocycles. The van der Waals surface area contributed by atoms with Crippen molar-refractivity contribution in [2.45, 2.75) is 0 Å². The molecule has 2 aromatic heterocycles. The molecule has 5 aromatic carbocycles. The lowest BCUT2D eigenvalue weighted by molar-refractivity contribution is 1.81. The first kappa shape index (κ1) is 17.0. The molecule has 0 aliphatic heterocycles. The second-order valence-electron chi connectivity index (χ2n) is 8.44.